The minimum absolute atomic E-state index is 0.0960. The molecule has 9 nitrogen and oxygen atoms in total. The van der Waals surface area contributed by atoms with E-state index in [1.165, 1.54) is 24.3 Å². The van der Waals surface area contributed by atoms with Crippen molar-refractivity contribution in [2.75, 3.05) is 10.6 Å². The van der Waals surface area contributed by atoms with E-state index in [4.69, 9.17) is 4.42 Å². The Hall–Kier alpha value is -5.31. The molecule has 5 rings (SSSR count). The number of fused-ring (bicyclic) bond motifs is 1. The summed E-state index contributed by atoms with van der Waals surface area (Å²) in [5.74, 6) is -0.281. The average Bonchev–Trinajstić information content (AvgIpc) is 3.34. The van der Waals surface area contributed by atoms with Gasteiger partial charge < -0.3 is 15.1 Å². The lowest BCUT2D eigenvalue weighted by molar-refractivity contribution is -0.384. The van der Waals surface area contributed by atoms with Crippen LogP contribution in [0.2, 0.25) is 0 Å². The topological polar surface area (TPSA) is 127 Å². The Balaban J connectivity index is 1.25. The van der Waals surface area contributed by atoms with Crippen LogP contribution in [0.3, 0.4) is 0 Å². The van der Waals surface area contributed by atoms with Gasteiger partial charge in [0.05, 0.1) is 4.92 Å². The van der Waals surface area contributed by atoms with Crippen LogP contribution in [0.1, 0.15) is 20.7 Å². The van der Waals surface area contributed by atoms with Gasteiger partial charge in [-0.3, -0.25) is 19.7 Å². The number of amides is 2. The Morgan fingerprint density at radius 2 is 1.39 bits per heavy atom. The molecule has 0 unspecified atom stereocenters. The molecule has 1 aromatic heterocycles. The number of anilines is 2. The summed E-state index contributed by atoms with van der Waals surface area (Å²) in [6.45, 7) is 0. The lowest BCUT2D eigenvalue weighted by atomic mass is 10.1. The van der Waals surface area contributed by atoms with Crippen molar-refractivity contribution in [3.63, 3.8) is 0 Å². The summed E-state index contributed by atoms with van der Waals surface area (Å²) < 4.78 is 5.80. The van der Waals surface area contributed by atoms with Gasteiger partial charge in [-0.15, -0.1) is 0 Å². The fourth-order valence-corrected chi connectivity index (χ4v) is 3.57. The predicted molar refractivity (Wildman–Crippen MR) is 135 cm³/mol. The second-order valence-electron chi connectivity index (χ2n) is 7.86. The van der Waals surface area contributed by atoms with Gasteiger partial charge in [-0.1, -0.05) is 18.2 Å². The molecule has 0 saturated carbocycles. The van der Waals surface area contributed by atoms with E-state index in [0.717, 1.165) is 11.1 Å². The fraction of sp³-hybridized carbons (Fsp3) is 0. The molecule has 9 heteroatoms. The molecule has 0 fully saturated rings. The van der Waals surface area contributed by atoms with Crippen molar-refractivity contribution >= 4 is 40.0 Å². The van der Waals surface area contributed by atoms with E-state index in [9.17, 15) is 19.7 Å². The summed E-state index contributed by atoms with van der Waals surface area (Å²) in [5.41, 5.74) is 3.81. The second-order valence-corrected chi connectivity index (χ2v) is 7.86. The van der Waals surface area contributed by atoms with Crippen LogP contribution in [0.25, 0.3) is 22.6 Å². The van der Waals surface area contributed by atoms with Gasteiger partial charge in [-0.2, -0.15) is 0 Å². The molecule has 176 valence electrons. The molecular weight excluding hydrogens is 460 g/mol. The molecule has 0 atom stereocenters. The third kappa shape index (κ3) is 4.80. The summed E-state index contributed by atoms with van der Waals surface area (Å²) in [4.78, 5) is 39.9. The maximum Gasteiger partial charge on any atom is 0.269 e. The van der Waals surface area contributed by atoms with E-state index in [1.54, 1.807) is 42.5 Å². The van der Waals surface area contributed by atoms with Gasteiger partial charge in [0.1, 0.15) is 5.52 Å². The summed E-state index contributed by atoms with van der Waals surface area (Å²) in [6, 6.07) is 26.3. The van der Waals surface area contributed by atoms with Crippen molar-refractivity contribution in [1.29, 1.82) is 0 Å². The van der Waals surface area contributed by atoms with Gasteiger partial charge in [-0.25, -0.2) is 4.98 Å². The van der Waals surface area contributed by atoms with Crippen LogP contribution >= 0.6 is 0 Å². The van der Waals surface area contributed by atoms with Crippen molar-refractivity contribution in [2.24, 2.45) is 0 Å². The SMILES string of the molecule is O=C(Nc1ccc(C(=O)Nc2cccc(-c3nc4ccccc4o3)c2)cc1)c1ccc([N+](=O)[O-])cc1. The van der Waals surface area contributed by atoms with Crippen LogP contribution in [0.5, 0.6) is 0 Å². The molecule has 1 heterocycles. The zero-order chi connectivity index (χ0) is 25.1. The second kappa shape index (κ2) is 9.51. The lowest BCUT2D eigenvalue weighted by Gasteiger charge is -2.08. The molecule has 36 heavy (non-hydrogen) atoms. The highest BCUT2D eigenvalue weighted by molar-refractivity contribution is 6.06. The van der Waals surface area contributed by atoms with Gasteiger partial charge >= 0.3 is 0 Å². The molecule has 0 saturated heterocycles. The van der Waals surface area contributed by atoms with Crippen LogP contribution in [0.4, 0.5) is 17.1 Å². The molecule has 0 aliphatic rings. The summed E-state index contributed by atoms with van der Waals surface area (Å²) >= 11 is 0. The number of rotatable bonds is 6. The summed E-state index contributed by atoms with van der Waals surface area (Å²) in [7, 11) is 0. The van der Waals surface area contributed by atoms with Crippen LogP contribution < -0.4 is 10.6 Å². The number of nitro groups is 1. The molecule has 0 radical (unpaired) electrons. The quantitative estimate of drug-likeness (QED) is 0.231. The van der Waals surface area contributed by atoms with Crippen LogP contribution in [0, 0.1) is 10.1 Å². The van der Waals surface area contributed by atoms with Crippen molar-refractivity contribution < 1.29 is 18.9 Å². The van der Waals surface area contributed by atoms with Crippen LogP contribution in [-0.2, 0) is 0 Å². The van der Waals surface area contributed by atoms with Crippen molar-refractivity contribution in [3.05, 3.63) is 118 Å². The number of para-hydroxylation sites is 2. The van der Waals surface area contributed by atoms with Gasteiger partial charge in [-0.05, 0) is 66.7 Å². The minimum Gasteiger partial charge on any atom is -0.436 e. The minimum atomic E-state index is -0.530. The zero-order valence-electron chi connectivity index (χ0n) is 18.7. The molecule has 0 spiro atoms. The number of nitrogens with zero attached hydrogens (tertiary/aromatic N) is 2. The number of non-ortho nitro benzene ring substituents is 1. The third-order valence-electron chi connectivity index (χ3n) is 5.41. The first-order valence-corrected chi connectivity index (χ1v) is 10.9. The third-order valence-corrected chi connectivity index (χ3v) is 5.41. The van der Waals surface area contributed by atoms with Gasteiger partial charge in [0.25, 0.3) is 17.5 Å². The molecule has 0 bridgehead atoms. The van der Waals surface area contributed by atoms with E-state index in [0.29, 0.717) is 28.4 Å². The first-order chi connectivity index (χ1) is 17.5. The normalized spacial score (nSPS) is 10.7. The number of aromatic nitrogens is 1. The number of nitro benzene ring substituents is 1. The van der Waals surface area contributed by atoms with Gasteiger partial charge in [0.15, 0.2) is 5.58 Å². The monoisotopic (exact) mass is 478 g/mol. The molecule has 5 aromatic rings. The summed E-state index contributed by atoms with van der Waals surface area (Å²) in [6.07, 6.45) is 0. The van der Waals surface area contributed by atoms with E-state index >= 15 is 0 Å². The smallest absolute Gasteiger partial charge is 0.269 e. The Bertz CT molecular complexity index is 1560. The largest absolute Gasteiger partial charge is 0.436 e. The van der Waals surface area contributed by atoms with E-state index in [2.05, 4.69) is 15.6 Å². The molecule has 0 aliphatic heterocycles. The zero-order valence-corrected chi connectivity index (χ0v) is 18.7. The van der Waals surface area contributed by atoms with Gasteiger partial charge in [0, 0.05) is 40.2 Å². The summed E-state index contributed by atoms with van der Waals surface area (Å²) in [5, 5.41) is 16.3. The number of oxazole rings is 1. The average molecular weight is 478 g/mol. The lowest BCUT2D eigenvalue weighted by Crippen LogP contribution is -2.13. The fourth-order valence-electron chi connectivity index (χ4n) is 3.57. The maximum absolute atomic E-state index is 12.8. The number of nitrogens with one attached hydrogen (secondary N) is 2. The Morgan fingerprint density at radius 3 is 2.06 bits per heavy atom. The molecule has 2 amide bonds. The Morgan fingerprint density at radius 1 is 0.750 bits per heavy atom. The number of carbonyl (C=O) groups excluding carboxylic acids is 2. The number of hydrogen-bond acceptors (Lipinski definition) is 6. The van der Waals surface area contributed by atoms with Crippen molar-refractivity contribution in [1.82, 2.24) is 4.98 Å². The van der Waals surface area contributed by atoms with E-state index < -0.39 is 10.8 Å². The highest BCUT2D eigenvalue weighted by atomic mass is 16.6. The molecular formula is C27H18N4O5. The highest BCUT2D eigenvalue weighted by Gasteiger charge is 2.12. The molecule has 2 N–H and O–H groups in total. The Kier molecular flexibility index (Phi) is 5.94. The predicted octanol–water partition coefficient (Wildman–Crippen LogP) is 5.91. The van der Waals surface area contributed by atoms with Gasteiger partial charge in [0.2, 0.25) is 5.89 Å². The highest BCUT2D eigenvalue weighted by Crippen LogP contribution is 2.26. The molecule has 4 aromatic carbocycles. The van der Waals surface area contributed by atoms with Crippen LogP contribution in [0.15, 0.2) is 101 Å². The van der Waals surface area contributed by atoms with Crippen molar-refractivity contribution in [3.8, 4) is 11.5 Å². The van der Waals surface area contributed by atoms with E-state index in [1.807, 2.05) is 30.3 Å². The number of hydrogen-bond donors (Lipinski definition) is 2. The van der Waals surface area contributed by atoms with E-state index in [-0.39, 0.29) is 17.2 Å². The maximum atomic E-state index is 12.8. The number of benzene rings is 4. The standard InChI is InChI=1S/C27H18N4O5/c32-25(18-10-14-22(15-11-18)31(34)35)28-20-12-8-17(9-13-20)26(33)29-21-5-3-4-19(16-21)27-30-23-6-1-2-7-24(23)36-27/h1-16H,(H,28,32)(H,29,33). The Labute approximate surface area is 204 Å². The first kappa shape index (κ1) is 22.5. The van der Waals surface area contributed by atoms with Crippen molar-refractivity contribution in [2.45, 2.75) is 0 Å². The van der Waals surface area contributed by atoms with Crippen LogP contribution in [-0.4, -0.2) is 21.7 Å². The molecule has 0 aliphatic carbocycles. The first-order valence-electron chi connectivity index (χ1n) is 10.9. The number of carbonyl (C=O) groups is 2.